The van der Waals surface area contributed by atoms with E-state index in [1.165, 1.54) is 0 Å². The molecule has 0 bridgehead atoms. The van der Waals surface area contributed by atoms with Gasteiger partial charge in [-0.2, -0.15) is 0 Å². The zero-order valence-electron chi connectivity index (χ0n) is 14.5. The van der Waals surface area contributed by atoms with Crippen molar-refractivity contribution in [2.24, 2.45) is 7.05 Å². The van der Waals surface area contributed by atoms with Gasteiger partial charge >= 0.3 is 0 Å². The van der Waals surface area contributed by atoms with Crippen molar-refractivity contribution < 1.29 is 9.53 Å². The fourth-order valence-electron chi connectivity index (χ4n) is 4.02. The Morgan fingerprint density at radius 2 is 2.32 bits per heavy atom. The van der Waals surface area contributed by atoms with E-state index in [2.05, 4.69) is 10.3 Å². The average Bonchev–Trinajstić information content (AvgIpc) is 3.22. The molecule has 0 unspecified atom stereocenters. The number of anilines is 1. The maximum atomic E-state index is 12.8. The van der Waals surface area contributed by atoms with Crippen LogP contribution in [-0.2, 0) is 11.8 Å². The van der Waals surface area contributed by atoms with Gasteiger partial charge in [-0.25, -0.2) is 0 Å². The first-order valence-corrected chi connectivity index (χ1v) is 8.86. The van der Waals surface area contributed by atoms with Gasteiger partial charge < -0.3 is 19.5 Å². The molecular weight excluding hydrogens is 316 g/mol. The fraction of sp³-hybridized carbons (Fsp3) is 0.474. The number of ether oxygens (including phenoxy) is 1. The number of aromatic nitrogens is 2. The van der Waals surface area contributed by atoms with Gasteiger partial charge in [0.2, 0.25) is 0 Å². The largest absolute Gasteiger partial charge is 0.379 e. The van der Waals surface area contributed by atoms with Crippen molar-refractivity contribution in [3.8, 4) is 0 Å². The molecule has 132 valence electrons. The molecule has 1 amide bonds. The number of likely N-dealkylation sites (tertiary alicyclic amines) is 1. The molecule has 2 saturated heterocycles. The van der Waals surface area contributed by atoms with E-state index in [4.69, 9.17) is 4.74 Å². The van der Waals surface area contributed by atoms with Crippen LogP contribution in [0.5, 0.6) is 0 Å². The van der Waals surface area contributed by atoms with E-state index in [0.29, 0.717) is 13.2 Å². The molecule has 0 aromatic carbocycles. The topological polar surface area (TPSA) is 59.4 Å². The van der Waals surface area contributed by atoms with Crippen LogP contribution in [0.4, 0.5) is 5.69 Å². The van der Waals surface area contributed by atoms with E-state index >= 15 is 0 Å². The Kier molecular flexibility index (Phi) is 4.21. The lowest BCUT2D eigenvalue weighted by molar-refractivity contribution is -0.0449. The monoisotopic (exact) mass is 340 g/mol. The Morgan fingerprint density at radius 3 is 3.08 bits per heavy atom. The Balaban J connectivity index is 1.42. The number of pyridine rings is 1. The van der Waals surface area contributed by atoms with Gasteiger partial charge in [0.25, 0.3) is 5.91 Å². The number of nitrogens with one attached hydrogen (secondary N) is 1. The van der Waals surface area contributed by atoms with E-state index in [0.717, 1.165) is 37.2 Å². The third kappa shape index (κ3) is 3.26. The molecule has 0 aliphatic carbocycles. The smallest absolute Gasteiger partial charge is 0.270 e. The van der Waals surface area contributed by atoms with Crippen molar-refractivity contribution in [3.05, 3.63) is 48.5 Å². The summed E-state index contributed by atoms with van der Waals surface area (Å²) in [6.07, 6.45) is 8.42. The van der Waals surface area contributed by atoms with Crippen LogP contribution in [0.1, 0.15) is 29.8 Å². The van der Waals surface area contributed by atoms with E-state index < -0.39 is 0 Å². The number of carbonyl (C=O) groups excluding carboxylic acids is 1. The first-order chi connectivity index (χ1) is 12.2. The molecule has 1 spiro atoms. The second kappa shape index (κ2) is 6.52. The fourth-order valence-corrected chi connectivity index (χ4v) is 4.02. The Morgan fingerprint density at radius 1 is 1.40 bits per heavy atom. The Hall–Kier alpha value is -2.34. The van der Waals surface area contributed by atoms with E-state index in [1.807, 2.05) is 53.2 Å². The second-order valence-electron chi connectivity index (χ2n) is 7.12. The van der Waals surface area contributed by atoms with Gasteiger partial charge in [-0.3, -0.25) is 9.78 Å². The molecule has 2 aliphatic rings. The first-order valence-electron chi connectivity index (χ1n) is 8.86. The summed E-state index contributed by atoms with van der Waals surface area (Å²) in [7, 11) is 1.91. The van der Waals surface area contributed by atoms with Crippen LogP contribution < -0.4 is 5.32 Å². The summed E-state index contributed by atoms with van der Waals surface area (Å²) in [5.74, 6) is 0.0962. The highest BCUT2D eigenvalue weighted by molar-refractivity contribution is 5.92. The van der Waals surface area contributed by atoms with Gasteiger partial charge in [0.05, 0.1) is 30.5 Å². The van der Waals surface area contributed by atoms with Crippen LogP contribution in [0.25, 0.3) is 0 Å². The highest BCUT2D eigenvalue weighted by Gasteiger charge is 2.44. The summed E-state index contributed by atoms with van der Waals surface area (Å²) < 4.78 is 8.09. The first kappa shape index (κ1) is 16.1. The number of amides is 1. The molecule has 4 heterocycles. The molecule has 0 saturated carbocycles. The maximum absolute atomic E-state index is 12.8. The third-order valence-electron chi connectivity index (χ3n) is 5.23. The molecular formula is C19H24N4O2. The minimum Gasteiger partial charge on any atom is -0.379 e. The van der Waals surface area contributed by atoms with E-state index in [1.54, 1.807) is 6.20 Å². The number of hydrogen-bond acceptors (Lipinski definition) is 4. The average molecular weight is 340 g/mol. The maximum Gasteiger partial charge on any atom is 0.270 e. The van der Waals surface area contributed by atoms with Crippen molar-refractivity contribution >= 4 is 11.6 Å². The van der Waals surface area contributed by atoms with Crippen molar-refractivity contribution in [1.82, 2.24) is 14.5 Å². The second-order valence-corrected chi connectivity index (χ2v) is 7.12. The van der Waals surface area contributed by atoms with Gasteiger partial charge in [-0.15, -0.1) is 0 Å². The molecule has 2 aliphatic heterocycles. The summed E-state index contributed by atoms with van der Waals surface area (Å²) in [4.78, 5) is 18.9. The number of aryl methyl sites for hydroxylation is 1. The van der Waals surface area contributed by atoms with Crippen LogP contribution in [0.3, 0.4) is 0 Å². The van der Waals surface area contributed by atoms with Gasteiger partial charge in [0.1, 0.15) is 5.69 Å². The van der Waals surface area contributed by atoms with Crippen LogP contribution >= 0.6 is 0 Å². The van der Waals surface area contributed by atoms with Gasteiger partial charge in [-0.1, -0.05) is 0 Å². The van der Waals surface area contributed by atoms with Gasteiger partial charge in [0.15, 0.2) is 0 Å². The van der Waals surface area contributed by atoms with Crippen molar-refractivity contribution in [2.45, 2.75) is 30.9 Å². The SMILES string of the molecule is Cn1cccc1C(=O)N1CCC[C@]2(C[C@H](Nc3cccnc3)CO2)C1. The molecule has 2 fully saturated rings. The summed E-state index contributed by atoms with van der Waals surface area (Å²) in [6.45, 7) is 2.14. The highest BCUT2D eigenvalue weighted by atomic mass is 16.5. The summed E-state index contributed by atoms with van der Waals surface area (Å²) in [5, 5.41) is 3.50. The number of piperidine rings is 1. The van der Waals surface area contributed by atoms with Crippen molar-refractivity contribution in [1.29, 1.82) is 0 Å². The Labute approximate surface area is 147 Å². The van der Waals surface area contributed by atoms with Crippen LogP contribution in [-0.4, -0.2) is 51.7 Å². The zero-order chi connectivity index (χ0) is 17.3. The van der Waals surface area contributed by atoms with Crippen LogP contribution in [0.15, 0.2) is 42.9 Å². The molecule has 6 heteroatoms. The van der Waals surface area contributed by atoms with Gasteiger partial charge in [0, 0.05) is 38.6 Å². The number of rotatable bonds is 3. The minimum atomic E-state index is -0.223. The zero-order valence-corrected chi connectivity index (χ0v) is 14.5. The lowest BCUT2D eigenvalue weighted by Crippen LogP contribution is -2.50. The van der Waals surface area contributed by atoms with Crippen LogP contribution in [0, 0.1) is 0 Å². The third-order valence-corrected chi connectivity index (χ3v) is 5.23. The standard InChI is InChI=1S/C19H24N4O2/c1-22-9-3-6-17(22)18(24)23-10-4-7-19(14-23)11-16(13-25-19)21-15-5-2-8-20-12-15/h2-3,5-6,8-9,12,16,21H,4,7,10-11,13-14H2,1H3/t16-,19-/m0/s1. The van der Waals surface area contributed by atoms with E-state index in [-0.39, 0.29) is 17.6 Å². The lowest BCUT2D eigenvalue weighted by atomic mass is 9.88. The summed E-state index contributed by atoms with van der Waals surface area (Å²) >= 11 is 0. The predicted molar refractivity (Wildman–Crippen MR) is 95.5 cm³/mol. The minimum absolute atomic E-state index is 0.0962. The predicted octanol–water partition coefficient (Wildman–Crippen LogP) is 2.30. The molecule has 25 heavy (non-hydrogen) atoms. The summed E-state index contributed by atoms with van der Waals surface area (Å²) in [6, 6.07) is 7.99. The molecule has 4 rings (SSSR count). The molecule has 0 radical (unpaired) electrons. The Bertz CT molecular complexity index is 745. The highest BCUT2D eigenvalue weighted by Crippen LogP contribution is 2.36. The van der Waals surface area contributed by atoms with Crippen LogP contribution in [0.2, 0.25) is 0 Å². The van der Waals surface area contributed by atoms with Gasteiger partial charge in [-0.05, 0) is 37.1 Å². The molecule has 2 aromatic rings. The molecule has 6 nitrogen and oxygen atoms in total. The van der Waals surface area contributed by atoms with Crippen molar-refractivity contribution in [3.63, 3.8) is 0 Å². The normalized spacial score (nSPS) is 26.1. The quantitative estimate of drug-likeness (QED) is 0.931. The number of carbonyl (C=O) groups is 1. The van der Waals surface area contributed by atoms with Crippen molar-refractivity contribution in [2.75, 3.05) is 25.0 Å². The molecule has 2 atom stereocenters. The molecule has 1 N–H and O–H groups in total. The van der Waals surface area contributed by atoms with E-state index in [9.17, 15) is 4.79 Å². The number of hydrogen-bond donors (Lipinski definition) is 1. The number of nitrogens with zero attached hydrogens (tertiary/aromatic N) is 3. The molecule has 2 aromatic heterocycles. The summed E-state index contributed by atoms with van der Waals surface area (Å²) in [5.41, 5.74) is 1.53. The lowest BCUT2D eigenvalue weighted by Gasteiger charge is -2.39.